The van der Waals surface area contributed by atoms with Crippen LogP contribution in [0.1, 0.15) is 30.9 Å². The van der Waals surface area contributed by atoms with E-state index in [0.717, 1.165) is 21.1 Å². The molecule has 106 valence electrons. The molecule has 0 bridgehead atoms. The molecule has 1 aliphatic heterocycles. The summed E-state index contributed by atoms with van der Waals surface area (Å²) in [6, 6.07) is 16.2. The van der Waals surface area contributed by atoms with E-state index in [-0.39, 0.29) is 5.91 Å². The van der Waals surface area contributed by atoms with Crippen molar-refractivity contribution < 1.29 is 4.79 Å². The molecule has 0 atom stereocenters. The number of thioether (sulfide) groups is 1. The molecule has 0 radical (unpaired) electrons. The van der Waals surface area contributed by atoms with E-state index in [0.29, 0.717) is 5.92 Å². The number of carbonyl (C=O) groups is 1. The fourth-order valence-corrected chi connectivity index (χ4v) is 3.18. The van der Waals surface area contributed by atoms with Crippen LogP contribution in [0.15, 0.2) is 58.3 Å². The van der Waals surface area contributed by atoms with Crippen LogP contribution in [0.5, 0.6) is 0 Å². The molecule has 0 saturated carbocycles. The highest BCUT2D eigenvalue weighted by atomic mass is 32.2. The van der Waals surface area contributed by atoms with Gasteiger partial charge >= 0.3 is 0 Å². The van der Waals surface area contributed by atoms with Crippen LogP contribution >= 0.6 is 11.8 Å². The van der Waals surface area contributed by atoms with Gasteiger partial charge in [0.25, 0.3) is 5.91 Å². The van der Waals surface area contributed by atoms with Crippen molar-refractivity contribution in [3.63, 3.8) is 0 Å². The largest absolute Gasteiger partial charge is 0.320 e. The Hall–Kier alpha value is -2.00. The summed E-state index contributed by atoms with van der Waals surface area (Å²) >= 11 is 1.52. The van der Waals surface area contributed by atoms with E-state index in [4.69, 9.17) is 0 Å². The molecule has 21 heavy (non-hydrogen) atoms. The van der Waals surface area contributed by atoms with Gasteiger partial charge in [0.15, 0.2) is 0 Å². The summed E-state index contributed by atoms with van der Waals surface area (Å²) in [5.41, 5.74) is 3.25. The third-order valence-electron chi connectivity index (χ3n) is 3.48. The molecule has 1 aliphatic rings. The number of benzene rings is 2. The van der Waals surface area contributed by atoms with Crippen LogP contribution in [-0.2, 0) is 4.79 Å². The van der Waals surface area contributed by atoms with Crippen molar-refractivity contribution in [2.75, 3.05) is 5.32 Å². The summed E-state index contributed by atoms with van der Waals surface area (Å²) in [5.74, 6) is 0.484. The molecule has 1 heterocycles. The van der Waals surface area contributed by atoms with Gasteiger partial charge in [0, 0.05) is 4.90 Å². The number of anilines is 1. The molecule has 3 heteroatoms. The lowest BCUT2D eigenvalue weighted by atomic mass is 10.0. The first-order chi connectivity index (χ1) is 10.1. The first-order valence-electron chi connectivity index (χ1n) is 7.03. The molecule has 2 aromatic carbocycles. The third kappa shape index (κ3) is 3.03. The minimum atomic E-state index is -0.0355. The van der Waals surface area contributed by atoms with Gasteiger partial charge in [0.1, 0.15) is 0 Å². The van der Waals surface area contributed by atoms with Crippen molar-refractivity contribution in [3.05, 3.63) is 64.6 Å². The number of hydrogen-bond acceptors (Lipinski definition) is 2. The van der Waals surface area contributed by atoms with Gasteiger partial charge < -0.3 is 5.32 Å². The van der Waals surface area contributed by atoms with E-state index in [2.05, 4.69) is 43.4 Å². The van der Waals surface area contributed by atoms with Crippen molar-refractivity contribution in [1.29, 1.82) is 0 Å². The number of hydrogen-bond donors (Lipinski definition) is 1. The first-order valence-corrected chi connectivity index (χ1v) is 7.85. The second-order valence-corrected chi connectivity index (χ2v) is 6.47. The van der Waals surface area contributed by atoms with E-state index in [1.807, 2.05) is 30.3 Å². The molecule has 1 N–H and O–H groups in total. The number of fused-ring (bicyclic) bond motifs is 1. The number of rotatable bonds is 2. The summed E-state index contributed by atoms with van der Waals surface area (Å²) in [6.45, 7) is 4.35. The predicted octanol–water partition coefficient (Wildman–Crippen LogP) is 4.90. The molecular formula is C18H17NOS. The van der Waals surface area contributed by atoms with Gasteiger partial charge in [-0.15, -0.1) is 0 Å². The normalized spacial score (nSPS) is 16.0. The van der Waals surface area contributed by atoms with Gasteiger partial charge in [-0.05, 0) is 35.3 Å². The summed E-state index contributed by atoms with van der Waals surface area (Å²) in [4.78, 5) is 13.9. The second kappa shape index (κ2) is 5.78. The SMILES string of the molecule is CC(C)c1ccc(C=C2Sc3ccccc3NC2=O)cc1. The lowest BCUT2D eigenvalue weighted by Crippen LogP contribution is -2.17. The minimum Gasteiger partial charge on any atom is -0.320 e. The zero-order valence-corrected chi connectivity index (χ0v) is 12.9. The molecule has 0 fully saturated rings. The number of nitrogens with one attached hydrogen (secondary N) is 1. The summed E-state index contributed by atoms with van der Waals surface area (Å²) in [7, 11) is 0. The molecule has 0 unspecified atom stereocenters. The fraction of sp³-hybridized carbons (Fsp3) is 0.167. The highest BCUT2D eigenvalue weighted by Crippen LogP contribution is 2.38. The fourth-order valence-electron chi connectivity index (χ4n) is 2.23. The number of para-hydroxylation sites is 1. The molecule has 2 aromatic rings. The van der Waals surface area contributed by atoms with Gasteiger partial charge in [-0.1, -0.05) is 62.0 Å². The van der Waals surface area contributed by atoms with Crippen molar-refractivity contribution in [2.24, 2.45) is 0 Å². The van der Waals surface area contributed by atoms with Crippen LogP contribution in [0.2, 0.25) is 0 Å². The predicted molar refractivity (Wildman–Crippen MR) is 89.4 cm³/mol. The quantitative estimate of drug-likeness (QED) is 0.799. The Morgan fingerprint density at radius 1 is 1.05 bits per heavy atom. The zero-order chi connectivity index (χ0) is 14.8. The summed E-state index contributed by atoms with van der Waals surface area (Å²) in [5, 5.41) is 2.93. The monoisotopic (exact) mass is 295 g/mol. The maximum Gasteiger partial charge on any atom is 0.262 e. The summed E-state index contributed by atoms with van der Waals surface area (Å²) in [6.07, 6.45) is 1.94. The Labute approximate surface area is 129 Å². The maximum absolute atomic E-state index is 12.1. The second-order valence-electron chi connectivity index (χ2n) is 5.38. The molecule has 3 rings (SSSR count). The first kappa shape index (κ1) is 14.0. The lowest BCUT2D eigenvalue weighted by molar-refractivity contribution is -0.112. The van der Waals surface area contributed by atoms with Crippen molar-refractivity contribution in [1.82, 2.24) is 0 Å². The topological polar surface area (TPSA) is 29.1 Å². The molecule has 0 spiro atoms. The van der Waals surface area contributed by atoms with E-state index < -0.39 is 0 Å². The Bertz CT molecular complexity index is 701. The van der Waals surface area contributed by atoms with Gasteiger partial charge in [-0.3, -0.25) is 4.79 Å². The van der Waals surface area contributed by atoms with Crippen LogP contribution in [0.3, 0.4) is 0 Å². The van der Waals surface area contributed by atoms with Gasteiger partial charge in [-0.25, -0.2) is 0 Å². The van der Waals surface area contributed by atoms with Crippen LogP contribution in [0.25, 0.3) is 6.08 Å². The average Bonchev–Trinajstić information content (AvgIpc) is 2.48. The minimum absolute atomic E-state index is 0.0355. The highest BCUT2D eigenvalue weighted by Gasteiger charge is 2.20. The smallest absolute Gasteiger partial charge is 0.262 e. The van der Waals surface area contributed by atoms with Crippen LogP contribution < -0.4 is 5.32 Å². The highest BCUT2D eigenvalue weighted by molar-refractivity contribution is 8.04. The third-order valence-corrected chi connectivity index (χ3v) is 4.58. The van der Waals surface area contributed by atoms with E-state index in [1.165, 1.54) is 17.3 Å². The number of amides is 1. The average molecular weight is 295 g/mol. The Kier molecular flexibility index (Phi) is 3.84. The van der Waals surface area contributed by atoms with Gasteiger partial charge in [0.2, 0.25) is 0 Å². The molecule has 0 saturated heterocycles. The Balaban J connectivity index is 1.88. The van der Waals surface area contributed by atoms with E-state index in [1.54, 1.807) is 0 Å². The standard InChI is InChI=1S/C18H17NOS/c1-12(2)14-9-7-13(8-10-14)11-17-18(20)19-15-5-3-4-6-16(15)21-17/h3-12H,1-2H3,(H,19,20). The van der Waals surface area contributed by atoms with Gasteiger partial charge in [0.05, 0.1) is 10.6 Å². The Morgan fingerprint density at radius 2 is 1.76 bits per heavy atom. The van der Waals surface area contributed by atoms with E-state index >= 15 is 0 Å². The van der Waals surface area contributed by atoms with Crippen LogP contribution in [0.4, 0.5) is 5.69 Å². The molecule has 2 nitrogen and oxygen atoms in total. The number of carbonyl (C=O) groups excluding carboxylic acids is 1. The van der Waals surface area contributed by atoms with Gasteiger partial charge in [-0.2, -0.15) is 0 Å². The Morgan fingerprint density at radius 3 is 2.48 bits per heavy atom. The molecule has 1 amide bonds. The molecule has 0 aliphatic carbocycles. The summed E-state index contributed by atoms with van der Waals surface area (Å²) < 4.78 is 0. The van der Waals surface area contributed by atoms with Crippen molar-refractivity contribution in [2.45, 2.75) is 24.7 Å². The van der Waals surface area contributed by atoms with Crippen molar-refractivity contribution in [3.8, 4) is 0 Å². The molecule has 0 aromatic heterocycles. The maximum atomic E-state index is 12.1. The van der Waals surface area contributed by atoms with Crippen molar-refractivity contribution >= 4 is 29.4 Å². The molecular weight excluding hydrogens is 278 g/mol. The lowest BCUT2D eigenvalue weighted by Gasteiger charge is -2.18. The zero-order valence-electron chi connectivity index (χ0n) is 12.1. The van der Waals surface area contributed by atoms with Crippen LogP contribution in [0, 0.1) is 0 Å². The van der Waals surface area contributed by atoms with E-state index in [9.17, 15) is 4.79 Å². The van der Waals surface area contributed by atoms with Crippen LogP contribution in [-0.4, -0.2) is 5.91 Å².